The second-order valence-electron chi connectivity index (χ2n) is 5.35. The summed E-state index contributed by atoms with van der Waals surface area (Å²) >= 11 is 0. The van der Waals surface area contributed by atoms with Crippen molar-refractivity contribution < 1.29 is 14.1 Å². The molecular weight excluding hydrogens is 232 g/mol. The Hall–Kier alpha value is -1.36. The number of nitrogens with zero attached hydrogens (tertiary/aromatic N) is 2. The zero-order valence-electron chi connectivity index (χ0n) is 10.8. The van der Waals surface area contributed by atoms with Gasteiger partial charge in [0.15, 0.2) is 11.4 Å². The van der Waals surface area contributed by atoms with Crippen molar-refractivity contribution in [1.29, 1.82) is 0 Å². The molecule has 18 heavy (non-hydrogen) atoms. The fourth-order valence-corrected chi connectivity index (χ4v) is 3.21. The van der Waals surface area contributed by atoms with Crippen LogP contribution in [-0.2, 0) is 4.74 Å². The average Bonchev–Trinajstić information content (AvgIpc) is 2.81. The monoisotopic (exact) mass is 250 g/mol. The number of piperidine rings is 1. The van der Waals surface area contributed by atoms with E-state index in [1.807, 2.05) is 0 Å². The fourth-order valence-electron chi connectivity index (χ4n) is 3.21. The minimum atomic E-state index is -0.410. The molecule has 0 N–H and O–H groups in total. The van der Waals surface area contributed by atoms with Crippen LogP contribution in [0.25, 0.3) is 0 Å². The largest absolute Gasteiger partial charge is 0.439 e. The van der Waals surface area contributed by atoms with Gasteiger partial charge in [-0.15, -0.1) is 0 Å². The molecule has 0 saturated carbocycles. The first kappa shape index (κ1) is 11.7. The molecule has 2 saturated heterocycles. The van der Waals surface area contributed by atoms with Crippen LogP contribution in [0.3, 0.4) is 0 Å². The van der Waals surface area contributed by atoms with E-state index in [0.717, 1.165) is 25.7 Å². The lowest BCUT2D eigenvalue weighted by atomic mass is 10.0. The summed E-state index contributed by atoms with van der Waals surface area (Å²) in [5, 5.41) is 3.72. The Labute approximate surface area is 106 Å². The highest BCUT2D eigenvalue weighted by Crippen LogP contribution is 2.43. The molecule has 98 valence electrons. The van der Waals surface area contributed by atoms with E-state index >= 15 is 0 Å². The molecule has 0 aliphatic carbocycles. The zero-order valence-corrected chi connectivity index (χ0v) is 10.8. The molecule has 3 heterocycles. The summed E-state index contributed by atoms with van der Waals surface area (Å²) in [7, 11) is 2.05. The molecule has 3 rings (SSSR count). The van der Waals surface area contributed by atoms with Crippen LogP contribution >= 0.6 is 0 Å². The Bertz CT molecular complexity index is 467. The summed E-state index contributed by atoms with van der Waals surface area (Å²) in [5.74, 6) is 0.252. The number of hydrogen-bond acceptors (Lipinski definition) is 5. The molecule has 1 aromatic heterocycles. The van der Waals surface area contributed by atoms with Crippen LogP contribution in [0, 0.1) is 6.92 Å². The van der Waals surface area contributed by atoms with E-state index in [4.69, 9.17) is 9.26 Å². The fraction of sp³-hybridized carbons (Fsp3) is 0.692. The molecule has 0 aromatic carbocycles. The number of fused-ring (bicyclic) bond motifs is 2. The number of aromatic nitrogens is 1. The van der Waals surface area contributed by atoms with Gasteiger partial charge in [0.1, 0.15) is 5.76 Å². The summed E-state index contributed by atoms with van der Waals surface area (Å²) in [4.78, 5) is 14.3. The Kier molecular flexibility index (Phi) is 2.66. The minimum absolute atomic E-state index is 0.268. The van der Waals surface area contributed by atoms with E-state index in [1.54, 1.807) is 13.0 Å². The van der Waals surface area contributed by atoms with Gasteiger partial charge >= 0.3 is 5.97 Å². The Morgan fingerprint density at radius 2 is 2.39 bits per heavy atom. The molecule has 2 aliphatic heterocycles. The van der Waals surface area contributed by atoms with Crippen molar-refractivity contribution in [1.82, 2.24) is 10.1 Å². The summed E-state index contributed by atoms with van der Waals surface area (Å²) in [6.45, 7) is 1.76. The molecule has 2 fully saturated rings. The van der Waals surface area contributed by atoms with Crippen molar-refractivity contribution in [3.8, 4) is 0 Å². The molecule has 1 aromatic rings. The van der Waals surface area contributed by atoms with Gasteiger partial charge < -0.3 is 9.26 Å². The number of aryl methyl sites for hydroxylation is 1. The molecule has 0 spiro atoms. The van der Waals surface area contributed by atoms with Crippen molar-refractivity contribution in [3.63, 3.8) is 0 Å². The van der Waals surface area contributed by atoms with Gasteiger partial charge in [0, 0.05) is 24.9 Å². The Morgan fingerprint density at radius 3 is 3.11 bits per heavy atom. The third kappa shape index (κ3) is 1.73. The highest BCUT2D eigenvalue weighted by molar-refractivity contribution is 5.87. The number of rotatable bonds is 2. The van der Waals surface area contributed by atoms with Gasteiger partial charge in [-0.1, -0.05) is 5.16 Å². The first-order valence-electron chi connectivity index (χ1n) is 6.50. The molecule has 2 aliphatic rings. The van der Waals surface area contributed by atoms with Gasteiger partial charge in [-0.25, -0.2) is 4.79 Å². The molecule has 2 atom stereocenters. The van der Waals surface area contributed by atoms with E-state index in [2.05, 4.69) is 17.1 Å². The van der Waals surface area contributed by atoms with Crippen LogP contribution in [0.15, 0.2) is 10.6 Å². The van der Waals surface area contributed by atoms with E-state index < -0.39 is 5.72 Å². The van der Waals surface area contributed by atoms with Crippen LogP contribution in [0.1, 0.15) is 48.4 Å². The second kappa shape index (κ2) is 4.09. The van der Waals surface area contributed by atoms with Crippen molar-refractivity contribution >= 4 is 5.97 Å². The van der Waals surface area contributed by atoms with Crippen LogP contribution in [0.4, 0.5) is 0 Å². The lowest BCUT2D eigenvalue weighted by Crippen LogP contribution is -2.50. The van der Waals surface area contributed by atoms with Crippen LogP contribution in [0.2, 0.25) is 0 Å². The first-order chi connectivity index (χ1) is 8.61. The minimum Gasteiger partial charge on any atom is -0.439 e. The van der Waals surface area contributed by atoms with Gasteiger partial charge in [0.25, 0.3) is 0 Å². The summed E-state index contributed by atoms with van der Waals surface area (Å²) in [6.07, 6.45) is 5.29. The number of esters is 1. The SMILES string of the molecule is Cc1cc(C(=O)OC23CCCC(CC2)N3C)no1. The van der Waals surface area contributed by atoms with Crippen molar-refractivity contribution in [3.05, 3.63) is 17.5 Å². The van der Waals surface area contributed by atoms with Crippen LogP contribution < -0.4 is 0 Å². The van der Waals surface area contributed by atoms with E-state index in [1.165, 1.54) is 6.42 Å². The highest BCUT2D eigenvalue weighted by Gasteiger charge is 2.49. The summed E-state index contributed by atoms with van der Waals surface area (Å²) < 4.78 is 10.7. The van der Waals surface area contributed by atoms with Gasteiger partial charge in [-0.2, -0.15) is 0 Å². The Balaban J connectivity index is 1.78. The second-order valence-corrected chi connectivity index (χ2v) is 5.35. The molecular formula is C13H18N2O3. The molecule has 5 nitrogen and oxygen atoms in total. The topological polar surface area (TPSA) is 55.6 Å². The zero-order chi connectivity index (χ0) is 12.8. The normalized spacial score (nSPS) is 31.6. The number of carbonyl (C=O) groups is 1. The van der Waals surface area contributed by atoms with E-state index in [-0.39, 0.29) is 11.7 Å². The molecule has 0 amide bonds. The maximum Gasteiger partial charge on any atom is 0.362 e. The van der Waals surface area contributed by atoms with E-state index in [0.29, 0.717) is 11.8 Å². The smallest absolute Gasteiger partial charge is 0.362 e. The Morgan fingerprint density at radius 1 is 1.56 bits per heavy atom. The van der Waals surface area contributed by atoms with Crippen molar-refractivity contribution in [2.45, 2.75) is 50.8 Å². The lowest BCUT2D eigenvalue weighted by molar-refractivity contribution is -0.116. The highest BCUT2D eigenvalue weighted by atomic mass is 16.6. The molecule has 0 radical (unpaired) electrons. The summed E-state index contributed by atoms with van der Waals surface area (Å²) in [6, 6.07) is 2.18. The van der Waals surface area contributed by atoms with Gasteiger partial charge in [-0.05, 0) is 33.2 Å². The van der Waals surface area contributed by atoms with Gasteiger partial charge in [0.2, 0.25) is 0 Å². The maximum atomic E-state index is 12.1. The molecule has 2 bridgehead atoms. The first-order valence-corrected chi connectivity index (χ1v) is 6.50. The number of ether oxygens (including phenoxy) is 1. The lowest BCUT2D eigenvalue weighted by Gasteiger charge is -2.41. The number of hydrogen-bond donors (Lipinski definition) is 0. The predicted molar refractivity (Wildman–Crippen MR) is 64.0 cm³/mol. The predicted octanol–water partition coefficient (Wildman–Crippen LogP) is 2.11. The summed E-state index contributed by atoms with van der Waals surface area (Å²) in [5.41, 5.74) is -0.142. The third-order valence-corrected chi connectivity index (χ3v) is 4.28. The van der Waals surface area contributed by atoms with E-state index in [9.17, 15) is 4.79 Å². The molecule has 5 heteroatoms. The van der Waals surface area contributed by atoms with Gasteiger partial charge in [0.05, 0.1) is 0 Å². The average molecular weight is 250 g/mol. The molecule has 2 unspecified atom stereocenters. The van der Waals surface area contributed by atoms with Crippen LogP contribution in [-0.4, -0.2) is 34.8 Å². The van der Waals surface area contributed by atoms with Crippen LogP contribution in [0.5, 0.6) is 0 Å². The van der Waals surface area contributed by atoms with Gasteiger partial charge in [-0.3, -0.25) is 4.90 Å². The van der Waals surface area contributed by atoms with Crippen molar-refractivity contribution in [2.75, 3.05) is 7.05 Å². The number of carbonyl (C=O) groups excluding carboxylic acids is 1. The maximum absolute atomic E-state index is 12.1. The standard InChI is InChI=1S/C13H18N2O3/c1-9-8-11(14-18-9)12(16)17-13-6-3-4-10(5-7-13)15(13)2/h8,10H,3-7H2,1-2H3. The quantitative estimate of drug-likeness (QED) is 0.752. The van der Waals surface area contributed by atoms with Crippen molar-refractivity contribution in [2.24, 2.45) is 0 Å². The third-order valence-electron chi connectivity index (χ3n) is 4.28.